The number of rotatable bonds is 7. The summed E-state index contributed by atoms with van der Waals surface area (Å²) in [5, 5.41) is 14.0. The van der Waals surface area contributed by atoms with Crippen LogP contribution < -0.4 is 19.9 Å². The number of ketones is 1. The number of Topliss-reactive ketones (excluding diaryl/α,β-unsaturated/α-hetero) is 1. The number of benzene rings is 3. The van der Waals surface area contributed by atoms with Crippen molar-refractivity contribution in [2.24, 2.45) is 0 Å². The van der Waals surface area contributed by atoms with Crippen LogP contribution in [0, 0.1) is 0 Å². The van der Waals surface area contributed by atoms with Crippen LogP contribution >= 0.6 is 0 Å². The first-order chi connectivity index (χ1) is 17.7. The van der Waals surface area contributed by atoms with Crippen LogP contribution in [0.2, 0.25) is 0 Å². The standard InChI is InChI=1S/C29H29N3O5/c1-5-37-24-16-8-20(9-17-24)27(34)25-26(19-6-12-22(13-7-19)31(3)4)32(29(36)28(25)35)23-14-10-21(11-15-23)30-18(2)33/h6-17,26,34H,5H2,1-4H3,(H,30,33)/b27-25-. The molecule has 37 heavy (non-hydrogen) atoms. The third-order valence-electron chi connectivity index (χ3n) is 6.07. The Morgan fingerprint density at radius 1 is 0.973 bits per heavy atom. The predicted octanol–water partition coefficient (Wildman–Crippen LogP) is 4.74. The number of carbonyl (C=O) groups excluding carboxylic acids is 3. The Kier molecular flexibility index (Phi) is 7.29. The topological polar surface area (TPSA) is 99.2 Å². The van der Waals surface area contributed by atoms with Crippen molar-refractivity contribution in [1.29, 1.82) is 0 Å². The van der Waals surface area contributed by atoms with E-state index in [9.17, 15) is 19.5 Å². The molecular weight excluding hydrogens is 470 g/mol. The van der Waals surface area contributed by atoms with Gasteiger partial charge in [0, 0.05) is 43.6 Å². The molecule has 0 saturated carbocycles. The Hall–Kier alpha value is -4.59. The van der Waals surface area contributed by atoms with Crippen molar-refractivity contribution in [3.63, 3.8) is 0 Å². The summed E-state index contributed by atoms with van der Waals surface area (Å²) in [6, 6.07) is 20.0. The molecule has 0 spiro atoms. The lowest BCUT2D eigenvalue weighted by Gasteiger charge is -2.26. The van der Waals surface area contributed by atoms with E-state index in [0.717, 1.165) is 5.69 Å². The van der Waals surface area contributed by atoms with Crippen LogP contribution in [0.15, 0.2) is 78.4 Å². The highest BCUT2D eigenvalue weighted by Crippen LogP contribution is 2.42. The van der Waals surface area contributed by atoms with Gasteiger partial charge in [-0.25, -0.2) is 0 Å². The number of carbonyl (C=O) groups is 3. The molecule has 4 rings (SSSR count). The fourth-order valence-corrected chi connectivity index (χ4v) is 4.31. The highest BCUT2D eigenvalue weighted by molar-refractivity contribution is 6.51. The molecule has 1 fully saturated rings. The number of nitrogens with one attached hydrogen (secondary N) is 1. The zero-order valence-corrected chi connectivity index (χ0v) is 21.2. The average molecular weight is 500 g/mol. The van der Waals surface area contributed by atoms with E-state index in [-0.39, 0.29) is 17.2 Å². The lowest BCUT2D eigenvalue weighted by atomic mass is 9.95. The van der Waals surface area contributed by atoms with Gasteiger partial charge in [0.2, 0.25) is 5.91 Å². The lowest BCUT2D eigenvalue weighted by molar-refractivity contribution is -0.132. The SMILES string of the molecule is CCOc1ccc(/C(O)=C2/C(=O)C(=O)N(c3ccc(NC(C)=O)cc3)C2c2ccc(N(C)C)cc2)cc1. The summed E-state index contributed by atoms with van der Waals surface area (Å²) in [6.07, 6.45) is 0. The number of aliphatic hydroxyl groups is 1. The number of hydrogen-bond donors (Lipinski definition) is 2. The van der Waals surface area contributed by atoms with E-state index < -0.39 is 17.7 Å². The maximum atomic E-state index is 13.3. The molecule has 8 nitrogen and oxygen atoms in total. The number of aliphatic hydroxyl groups excluding tert-OH is 1. The quantitative estimate of drug-likeness (QED) is 0.277. The summed E-state index contributed by atoms with van der Waals surface area (Å²) in [5.74, 6) is -1.37. The van der Waals surface area contributed by atoms with E-state index in [1.165, 1.54) is 11.8 Å². The van der Waals surface area contributed by atoms with Crippen LogP contribution in [0.4, 0.5) is 17.1 Å². The predicted molar refractivity (Wildman–Crippen MR) is 144 cm³/mol. The Morgan fingerprint density at radius 3 is 2.14 bits per heavy atom. The minimum atomic E-state index is -0.852. The minimum Gasteiger partial charge on any atom is -0.507 e. The molecule has 1 aliphatic rings. The lowest BCUT2D eigenvalue weighted by Crippen LogP contribution is -2.29. The van der Waals surface area contributed by atoms with E-state index in [4.69, 9.17) is 4.74 Å². The van der Waals surface area contributed by atoms with Crippen molar-refractivity contribution in [1.82, 2.24) is 0 Å². The van der Waals surface area contributed by atoms with Gasteiger partial charge in [-0.15, -0.1) is 0 Å². The van der Waals surface area contributed by atoms with Crippen molar-refractivity contribution in [2.45, 2.75) is 19.9 Å². The molecule has 1 aliphatic heterocycles. The van der Waals surface area contributed by atoms with Gasteiger partial charge in [0.25, 0.3) is 11.7 Å². The van der Waals surface area contributed by atoms with Gasteiger partial charge in [-0.3, -0.25) is 19.3 Å². The molecule has 190 valence electrons. The Morgan fingerprint density at radius 2 is 1.59 bits per heavy atom. The number of ether oxygens (including phenoxy) is 1. The van der Waals surface area contributed by atoms with Gasteiger partial charge in [0.1, 0.15) is 11.5 Å². The smallest absolute Gasteiger partial charge is 0.300 e. The van der Waals surface area contributed by atoms with Crippen LogP contribution in [-0.4, -0.2) is 43.4 Å². The Labute approximate surface area is 215 Å². The molecule has 1 saturated heterocycles. The minimum absolute atomic E-state index is 0.00213. The molecule has 0 aromatic heterocycles. The summed E-state index contributed by atoms with van der Waals surface area (Å²) < 4.78 is 5.48. The van der Waals surface area contributed by atoms with Gasteiger partial charge >= 0.3 is 0 Å². The zero-order chi connectivity index (χ0) is 26.7. The highest BCUT2D eigenvalue weighted by Gasteiger charge is 2.47. The van der Waals surface area contributed by atoms with Crippen molar-refractivity contribution in [3.05, 3.63) is 89.5 Å². The zero-order valence-electron chi connectivity index (χ0n) is 21.2. The fraction of sp³-hybridized carbons (Fsp3) is 0.207. The molecule has 0 aliphatic carbocycles. The molecular formula is C29H29N3O5. The Bertz CT molecular complexity index is 1340. The van der Waals surface area contributed by atoms with Gasteiger partial charge in [-0.1, -0.05) is 12.1 Å². The first kappa shape index (κ1) is 25.5. The van der Waals surface area contributed by atoms with Crippen LogP contribution in [0.1, 0.15) is 31.0 Å². The van der Waals surface area contributed by atoms with Crippen molar-refractivity contribution in [2.75, 3.05) is 35.8 Å². The second-order valence-corrected chi connectivity index (χ2v) is 8.84. The monoisotopic (exact) mass is 499 g/mol. The van der Waals surface area contributed by atoms with E-state index in [1.807, 2.05) is 50.2 Å². The van der Waals surface area contributed by atoms with Crippen LogP contribution in [0.5, 0.6) is 5.75 Å². The van der Waals surface area contributed by atoms with E-state index >= 15 is 0 Å². The molecule has 2 amide bonds. The third kappa shape index (κ3) is 5.18. The number of anilines is 3. The van der Waals surface area contributed by atoms with Crippen molar-refractivity contribution < 1.29 is 24.2 Å². The fourth-order valence-electron chi connectivity index (χ4n) is 4.31. The van der Waals surface area contributed by atoms with Gasteiger partial charge in [0.05, 0.1) is 18.2 Å². The molecule has 3 aromatic carbocycles. The summed E-state index contributed by atoms with van der Waals surface area (Å²) in [5.41, 5.74) is 3.04. The summed E-state index contributed by atoms with van der Waals surface area (Å²) in [4.78, 5) is 41.4. The normalized spacial score (nSPS) is 16.5. The maximum Gasteiger partial charge on any atom is 0.300 e. The second kappa shape index (κ2) is 10.6. The highest BCUT2D eigenvalue weighted by atomic mass is 16.5. The number of nitrogens with zero attached hydrogens (tertiary/aromatic N) is 2. The first-order valence-corrected chi connectivity index (χ1v) is 11.9. The van der Waals surface area contributed by atoms with Gasteiger partial charge < -0.3 is 20.1 Å². The molecule has 3 aromatic rings. The van der Waals surface area contributed by atoms with E-state index in [1.54, 1.807) is 48.5 Å². The van der Waals surface area contributed by atoms with Gasteiger partial charge in [-0.05, 0) is 73.2 Å². The van der Waals surface area contributed by atoms with Gasteiger partial charge in [0.15, 0.2) is 0 Å². The first-order valence-electron chi connectivity index (χ1n) is 11.9. The molecule has 0 radical (unpaired) electrons. The van der Waals surface area contributed by atoms with Crippen molar-refractivity contribution in [3.8, 4) is 5.75 Å². The number of amides is 2. The van der Waals surface area contributed by atoms with Gasteiger partial charge in [-0.2, -0.15) is 0 Å². The average Bonchev–Trinajstić information content (AvgIpc) is 3.14. The molecule has 1 heterocycles. The summed E-state index contributed by atoms with van der Waals surface area (Å²) in [6.45, 7) is 3.78. The molecule has 8 heteroatoms. The Balaban J connectivity index is 1.84. The van der Waals surface area contributed by atoms with E-state index in [0.29, 0.717) is 34.9 Å². The van der Waals surface area contributed by atoms with Crippen molar-refractivity contribution >= 4 is 40.4 Å². The number of hydrogen-bond acceptors (Lipinski definition) is 6. The molecule has 2 N–H and O–H groups in total. The van der Waals surface area contributed by atoms with Crippen LogP contribution in [0.25, 0.3) is 5.76 Å². The third-order valence-corrected chi connectivity index (χ3v) is 6.07. The largest absolute Gasteiger partial charge is 0.507 e. The summed E-state index contributed by atoms with van der Waals surface area (Å²) in [7, 11) is 3.84. The van der Waals surface area contributed by atoms with Crippen LogP contribution in [-0.2, 0) is 14.4 Å². The second-order valence-electron chi connectivity index (χ2n) is 8.84. The summed E-state index contributed by atoms with van der Waals surface area (Å²) >= 11 is 0. The van der Waals surface area contributed by atoms with E-state index in [2.05, 4.69) is 5.32 Å². The molecule has 1 unspecified atom stereocenters. The van der Waals surface area contributed by atoms with Crippen LogP contribution in [0.3, 0.4) is 0 Å². The molecule has 1 atom stereocenters. The molecule has 0 bridgehead atoms. The maximum absolute atomic E-state index is 13.3.